The van der Waals surface area contributed by atoms with Gasteiger partial charge in [0.2, 0.25) is 15.9 Å². The highest BCUT2D eigenvalue weighted by Crippen LogP contribution is 2.23. The van der Waals surface area contributed by atoms with Crippen molar-refractivity contribution in [3.05, 3.63) is 23.8 Å². The Kier molecular flexibility index (Phi) is 4.50. The molecule has 1 saturated heterocycles. The van der Waals surface area contributed by atoms with Crippen LogP contribution in [0.1, 0.15) is 5.56 Å². The van der Waals surface area contributed by atoms with Crippen molar-refractivity contribution in [2.24, 2.45) is 0 Å². The third-order valence-corrected chi connectivity index (χ3v) is 5.38. The summed E-state index contributed by atoms with van der Waals surface area (Å²) in [6.07, 6.45) is 0. The highest BCUT2D eigenvalue weighted by molar-refractivity contribution is 7.89. The molecule has 1 heterocycles. The lowest BCUT2D eigenvalue weighted by Gasteiger charge is -2.33. The first-order valence-corrected chi connectivity index (χ1v) is 7.99. The molecule has 1 aromatic carbocycles. The van der Waals surface area contributed by atoms with Gasteiger partial charge in [0.15, 0.2) is 0 Å². The van der Waals surface area contributed by atoms with Gasteiger partial charge in [-0.15, -0.1) is 0 Å². The fraction of sp³-hybridized carbons (Fsp3) is 0.462. The first kappa shape index (κ1) is 15.7. The van der Waals surface area contributed by atoms with Crippen molar-refractivity contribution >= 4 is 21.6 Å². The molecule has 0 radical (unpaired) electrons. The fourth-order valence-corrected chi connectivity index (χ4v) is 3.84. The zero-order valence-electron chi connectivity index (χ0n) is 12.0. The molecule has 2 rings (SSSR count). The summed E-state index contributed by atoms with van der Waals surface area (Å²) in [4.78, 5) is 12.0. The number of nitrogen functional groups attached to an aromatic ring is 1. The molecule has 1 amide bonds. The summed E-state index contributed by atoms with van der Waals surface area (Å²) in [7, 11) is -2.30. The van der Waals surface area contributed by atoms with Crippen LogP contribution >= 0.6 is 0 Å². The van der Waals surface area contributed by atoms with E-state index in [0.717, 1.165) is 0 Å². The number of likely N-dealkylation sites (N-methyl/N-ethyl adjacent to an activating group) is 1. The zero-order valence-corrected chi connectivity index (χ0v) is 12.8. The highest BCUT2D eigenvalue weighted by atomic mass is 32.2. The van der Waals surface area contributed by atoms with Crippen LogP contribution in [0.5, 0.6) is 0 Å². The Labute approximate surface area is 124 Å². The van der Waals surface area contributed by atoms with Crippen LogP contribution in [0, 0.1) is 6.92 Å². The van der Waals surface area contributed by atoms with E-state index in [0.29, 0.717) is 11.3 Å². The largest absolute Gasteiger partial charge is 0.399 e. The molecule has 1 aromatic rings. The van der Waals surface area contributed by atoms with Gasteiger partial charge in [0, 0.05) is 19.3 Å². The minimum atomic E-state index is -3.77. The average Bonchev–Trinajstić information content (AvgIpc) is 2.49. The van der Waals surface area contributed by atoms with E-state index in [1.54, 1.807) is 13.0 Å². The number of aryl methyl sites for hydroxylation is 1. The predicted molar refractivity (Wildman–Crippen MR) is 78.2 cm³/mol. The molecule has 116 valence electrons. The van der Waals surface area contributed by atoms with Gasteiger partial charge >= 0.3 is 0 Å². The Hall–Kier alpha value is -1.64. The summed E-state index contributed by atoms with van der Waals surface area (Å²) in [6, 6.07) is 3.67. The van der Waals surface area contributed by atoms with Gasteiger partial charge in [-0.05, 0) is 30.7 Å². The molecule has 0 aromatic heterocycles. The van der Waals surface area contributed by atoms with E-state index in [1.165, 1.54) is 23.5 Å². The van der Waals surface area contributed by atoms with Gasteiger partial charge in [0.25, 0.3) is 0 Å². The minimum Gasteiger partial charge on any atom is -0.399 e. The summed E-state index contributed by atoms with van der Waals surface area (Å²) >= 11 is 0. The second-order valence-electron chi connectivity index (χ2n) is 4.84. The molecular formula is C13H19N3O4S. The fourth-order valence-electron chi connectivity index (χ4n) is 2.19. The maximum Gasteiger partial charge on any atom is 0.243 e. The van der Waals surface area contributed by atoms with E-state index >= 15 is 0 Å². The highest BCUT2D eigenvalue weighted by Gasteiger charge is 2.37. The number of sulfonamides is 1. The van der Waals surface area contributed by atoms with Crippen molar-refractivity contribution < 1.29 is 17.9 Å². The van der Waals surface area contributed by atoms with E-state index in [9.17, 15) is 13.2 Å². The lowest BCUT2D eigenvalue weighted by Crippen LogP contribution is -2.55. The van der Waals surface area contributed by atoms with Crippen molar-refractivity contribution in [2.75, 3.05) is 32.5 Å². The summed E-state index contributed by atoms with van der Waals surface area (Å²) in [5, 5.41) is 2.46. The second-order valence-corrected chi connectivity index (χ2v) is 6.73. The molecule has 0 spiro atoms. The second kappa shape index (κ2) is 6.00. The number of nitrogens with two attached hydrogens (primary N) is 1. The number of morpholine rings is 1. The number of carbonyl (C=O) groups is 1. The van der Waals surface area contributed by atoms with Crippen molar-refractivity contribution in [3.8, 4) is 0 Å². The van der Waals surface area contributed by atoms with E-state index in [-0.39, 0.29) is 30.6 Å². The third-order valence-electron chi connectivity index (χ3n) is 3.48. The summed E-state index contributed by atoms with van der Waals surface area (Å²) < 4.78 is 31.9. The van der Waals surface area contributed by atoms with E-state index in [1.807, 2.05) is 0 Å². The summed E-state index contributed by atoms with van der Waals surface area (Å²) in [6.45, 7) is 2.20. The molecule has 3 N–H and O–H groups in total. The van der Waals surface area contributed by atoms with Gasteiger partial charge < -0.3 is 15.8 Å². The Balaban J connectivity index is 2.40. The molecule has 21 heavy (non-hydrogen) atoms. The predicted octanol–water partition coefficient (Wildman–Crippen LogP) is -0.287. The van der Waals surface area contributed by atoms with Crippen molar-refractivity contribution in [1.82, 2.24) is 9.62 Å². The van der Waals surface area contributed by atoms with Gasteiger partial charge in [-0.25, -0.2) is 8.42 Å². The van der Waals surface area contributed by atoms with Crippen molar-refractivity contribution in [2.45, 2.75) is 17.9 Å². The number of nitrogens with one attached hydrogen (secondary N) is 1. The number of ether oxygens (including phenoxy) is 1. The normalized spacial score (nSPS) is 20.2. The molecule has 0 aliphatic carbocycles. The summed E-state index contributed by atoms with van der Waals surface area (Å²) in [5.74, 6) is -0.384. The number of rotatable bonds is 3. The Morgan fingerprint density at radius 1 is 1.48 bits per heavy atom. The summed E-state index contributed by atoms with van der Waals surface area (Å²) in [5.41, 5.74) is 6.92. The van der Waals surface area contributed by atoms with E-state index in [4.69, 9.17) is 10.5 Å². The average molecular weight is 313 g/mol. The molecule has 0 bridgehead atoms. The van der Waals surface area contributed by atoms with Gasteiger partial charge in [0.05, 0.1) is 18.1 Å². The molecule has 1 aliphatic heterocycles. The number of nitrogens with zero attached hydrogens (tertiary/aromatic N) is 1. The molecule has 1 unspecified atom stereocenters. The number of benzene rings is 1. The lowest BCUT2D eigenvalue weighted by molar-refractivity contribution is -0.128. The van der Waals surface area contributed by atoms with Crippen LogP contribution in [0.15, 0.2) is 23.1 Å². The molecule has 8 heteroatoms. The van der Waals surface area contributed by atoms with Gasteiger partial charge in [-0.2, -0.15) is 4.31 Å². The Morgan fingerprint density at radius 3 is 2.81 bits per heavy atom. The van der Waals surface area contributed by atoms with Crippen LogP contribution in [-0.2, 0) is 19.6 Å². The molecule has 1 fully saturated rings. The lowest BCUT2D eigenvalue weighted by atomic mass is 10.2. The van der Waals surface area contributed by atoms with Gasteiger partial charge in [0.1, 0.15) is 6.04 Å². The van der Waals surface area contributed by atoms with Crippen molar-refractivity contribution in [3.63, 3.8) is 0 Å². The van der Waals surface area contributed by atoms with Crippen LogP contribution in [-0.4, -0.2) is 51.5 Å². The number of amides is 1. The molecule has 1 aliphatic rings. The monoisotopic (exact) mass is 313 g/mol. The molecular weight excluding hydrogens is 294 g/mol. The number of anilines is 1. The standard InChI is InChI=1S/C13H19N3O4S/c1-9-7-10(3-4-11(9)14)21(18,19)16-5-6-20-8-12(16)13(17)15-2/h3-4,7,12H,5-6,8,14H2,1-2H3,(H,15,17). The van der Waals surface area contributed by atoms with Crippen LogP contribution in [0.4, 0.5) is 5.69 Å². The van der Waals surface area contributed by atoms with Crippen LogP contribution in [0.2, 0.25) is 0 Å². The van der Waals surface area contributed by atoms with Gasteiger partial charge in [-0.1, -0.05) is 0 Å². The molecule has 1 atom stereocenters. The topological polar surface area (TPSA) is 102 Å². The smallest absolute Gasteiger partial charge is 0.243 e. The first-order valence-electron chi connectivity index (χ1n) is 6.55. The third kappa shape index (κ3) is 3.02. The van der Waals surface area contributed by atoms with E-state index in [2.05, 4.69) is 5.32 Å². The van der Waals surface area contributed by atoms with Crippen molar-refractivity contribution in [1.29, 1.82) is 0 Å². The van der Waals surface area contributed by atoms with Gasteiger partial charge in [-0.3, -0.25) is 4.79 Å². The molecule has 0 saturated carbocycles. The van der Waals surface area contributed by atoms with Crippen LogP contribution in [0.3, 0.4) is 0 Å². The van der Waals surface area contributed by atoms with Crippen LogP contribution < -0.4 is 11.1 Å². The van der Waals surface area contributed by atoms with Crippen LogP contribution in [0.25, 0.3) is 0 Å². The Bertz CT molecular complexity index is 645. The number of hydrogen-bond acceptors (Lipinski definition) is 5. The Morgan fingerprint density at radius 2 is 2.19 bits per heavy atom. The number of hydrogen-bond donors (Lipinski definition) is 2. The molecule has 7 nitrogen and oxygen atoms in total. The number of carbonyl (C=O) groups excluding carboxylic acids is 1. The quantitative estimate of drug-likeness (QED) is 0.747. The SMILES string of the molecule is CNC(=O)C1COCCN1S(=O)(=O)c1ccc(N)c(C)c1. The maximum atomic E-state index is 12.7. The maximum absolute atomic E-state index is 12.7. The minimum absolute atomic E-state index is 0.0485. The van der Waals surface area contributed by atoms with E-state index < -0.39 is 16.1 Å². The first-order chi connectivity index (χ1) is 9.87. The zero-order chi connectivity index (χ0) is 15.6.